The number of halogens is 1. The van der Waals surface area contributed by atoms with Crippen LogP contribution in [0.15, 0.2) is 40.9 Å². The number of rotatable bonds is 4. The highest BCUT2D eigenvalue weighted by atomic mass is 79.9. The summed E-state index contributed by atoms with van der Waals surface area (Å²) >= 11 is 3.52. The molecule has 0 radical (unpaired) electrons. The lowest BCUT2D eigenvalue weighted by molar-refractivity contribution is -0.122. The van der Waals surface area contributed by atoms with Gasteiger partial charge in [-0.2, -0.15) is 0 Å². The molecule has 2 amide bonds. The average molecular weight is 417 g/mol. The summed E-state index contributed by atoms with van der Waals surface area (Å²) in [6, 6.07) is 11.2. The maximum atomic E-state index is 12.6. The third-order valence-corrected chi connectivity index (χ3v) is 5.82. The third kappa shape index (κ3) is 3.75. The molecule has 1 N–H and O–H groups in total. The van der Waals surface area contributed by atoms with E-state index < -0.39 is 0 Å². The Labute approximate surface area is 161 Å². The van der Waals surface area contributed by atoms with Crippen LogP contribution in [0.25, 0.3) is 0 Å². The topological polar surface area (TPSA) is 58.6 Å². The number of methoxy groups -OCH3 is 1. The summed E-state index contributed by atoms with van der Waals surface area (Å²) in [7, 11) is 1.59. The van der Waals surface area contributed by atoms with Crippen LogP contribution in [0.1, 0.15) is 17.5 Å². The summed E-state index contributed by atoms with van der Waals surface area (Å²) in [5.74, 6) is 0.119. The van der Waals surface area contributed by atoms with Crippen LogP contribution in [-0.4, -0.2) is 25.5 Å². The third-order valence-electron chi connectivity index (χ3n) is 4.56. The Balaban J connectivity index is 1.73. The van der Waals surface area contributed by atoms with Crippen molar-refractivity contribution < 1.29 is 14.3 Å². The minimum Gasteiger partial charge on any atom is -0.497 e. The second-order valence-electron chi connectivity index (χ2n) is 6.52. The minimum absolute atomic E-state index is 0.0541. The Bertz CT molecular complexity index is 843. The van der Waals surface area contributed by atoms with Crippen LogP contribution in [-0.2, 0) is 9.59 Å². The predicted octanol–water partition coefficient (Wildman–Crippen LogP) is 4.07. The number of ether oxygens (including phenoxy) is 1. The number of hydrogen-bond acceptors (Lipinski definition) is 3. The first-order valence-electron chi connectivity index (χ1n) is 8.41. The average Bonchev–Trinajstić information content (AvgIpc) is 3.01. The predicted molar refractivity (Wildman–Crippen MR) is 106 cm³/mol. The van der Waals surface area contributed by atoms with E-state index in [0.717, 1.165) is 27.0 Å². The highest BCUT2D eigenvalue weighted by Gasteiger charge is 2.35. The summed E-state index contributed by atoms with van der Waals surface area (Å²) in [6.07, 6.45) is 0.206. The number of hydrogen-bond donors (Lipinski definition) is 1. The summed E-state index contributed by atoms with van der Waals surface area (Å²) in [5.41, 5.74) is 3.61. The fourth-order valence-electron chi connectivity index (χ4n) is 3.17. The zero-order chi connectivity index (χ0) is 18.8. The number of nitrogens with zero attached hydrogens (tertiary/aromatic N) is 1. The van der Waals surface area contributed by atoms with Crippen molar-refractivity contribution >= 4 is 39.1 Å². The van der Waals surface area contributed by atoms with Gasteiger partial charge in [0.1, 0.15) is 5.75 Å². The first kappa shape index (κ1) is 18.5. The molecule has 0 spiro atoms. The Hall–Kier alpha value is -2.34. The van der Waals surface area contributed by atoms with Crippen molar-refractivity contribution in [1.82, 2.24) is 0 Å². The van der Waals surface area contributed by atoms with Gasteiger partial charge in [-0.1, -0.05) is 22.0 Å². The number of anilines is 2. The maximum absolute atomic E-state index is 12.6. The molecular weight excluding hydrogens is 396 g/mol. The molecule has 1 aliphatic heterocycles. The minimum atomic E-state index is -0.377. The fraction of sp³-hybridized carbons (Fsp3) is 0.300. The van der Waals surface area contributed by atoms with E-state index in [1.165, 1.54) is 0 Å². The molecule has 3 rings (SSSR count). The molecule has 5 nitrogen and oxygen atoms in total. The van der Waals surface area contributed by atoms with Crippen molar-refractivity contribution in [1.29, 1.82) is 0 Å². The largest absolute Gasteiger partial charge is 0.497 e. The number of carbonyl (C=O) groups is 2. The zero-order valence-corrected chi connectivity index (χ0v) is 16.6. The number of carbonyl (C=O) groups excluding carboxylic acids is 2. The lowest BCUT2D eigenvalue weighted by Gasteiger charge is -2.17. The standard InChI is InChI=1S/C20H21BrN2O3/c1-12-7-15(8-13(2)19(12)21)22-20(25)14-9-18(24)23(11-14)16-5-4-6-17(10-16)26-3/h4-8,10,14H,9,11H2,1-3H3,(H,22,25)/t14-/m1/s1. The summed E-state index contributed by atoms with van der Waals surface area (Å²) < 4.78 is 6.25. The molecule has 1 saturated heterocycles. The molecular formula is C20H21BrN2O3. The Kier molecular flexibility index (Phi) is 5.32. The molecule has 1 atom stereocenters. The summed E-state index contributed by atoms with van der Waals surface area (Å²) in [6.45, 7) is 4.33. The van der Waals surface area contributed by atoms with E-state index in [4.69, 9.17) is 4.74 Å². The Morgan fingerprint density at radius 3 is 2.58 bits per heavy atom. The van der Waals surface area contributed by atoms with Crippen LogP contribution >= 0.6 is 15.9 Å². The number of nitrogens with one attached hydrogen (secondary N) is 1. The van der Waals surface area contributed by atoms with Crippen LogP contribution < -0.4 is 15.0 Å². The second-order valence-corrected chi connectivity index (χ2v) is 7.31. The summed E-state index contributed by atoms with van der Waals surface area (Å²) in [4.78, 5) is 26.7. The molecule has 6 heteroatoms. The van der Waals surface area contributed by atoms with Gasteiger partial charge < -0.3 is 15.0 Å². The van der Waals surface area contributed by atoms with Crippen molar-refractivity contribution in [2.45, 2.75) is 20.3 Å². The van der Waals surface area contributed by atoms with E-state index in [2.05, 4.69) is 21.2 Å². The van der Waals surface area contributed by atoms with Crippen molar-refractivity contribution in [3.05, 3.63) is 52.0 Å². The van der Waals surface area contributed by atoms with Gasteiger partial charge >= 0.3 is 0 Å². The fourth-order valence-corrected chi connectivity index (χ4v) is 3.40. The smallest absolute Gasteiger partial charge is 0.229 e. The van der Waals surface area contributed by atoms with Crippen molar-refractivity contribution in [2.75, 3.05) is 23.9 Å². The monoisotopic (exact) mass is 416 g/mol. The van der Waals surface area contributed by atoms with E-state index >= 15 is 0 Å². The van der Waals surface area contributed by atoms with Crippen molar-refractivity contribution in [3.63, 3.8) is 0 Å². The van der Waals surface area contributed by atoms with Gasteiger partial charge in [0.15, 0.2) is 0 Å². The normalized spacial score (nSPS) is 16.7. The highest BCUT2D eigenvalue weighted by Crippen LogP contribution is 2.29. The van der Waals surface area contributed by atoms with E-state index in [-0.39, 0.29) is 24.2 Å². The van der Waals surface area contributed by atoms with Crippen molar-refractivity contribution in [2.24, 2.45) is 5.92 Å². The van der Waals surface area contributed by atoms with Gasteiger partial charge in [0.2, 0.25) is 11.8 Å². The van der Waals surface area contributed by atoms with Gasteiger partial charge in [-0.05, 0) is 49.2 Å². The van der Waals surface area contributed by atoms with Gasteiger partial charge in [-0.3, -0.25) is 9.59 Å². The van der Waals surface area contributed by atoms with Crippen LogP contribution in [0, 0.1) is 19.8 Å². The van der Waals surface area contributed by atoms with Gasteiger partial charge in [-0.15, -0.1) is 0 Å². The highest BCUT2D eigenvalue weighted by molar-refractivity contribution is 9.10. The first-order chi connectivity index (χ1) is 12.4. The summed E-state index contributed by atoms with van der Waals surface area (Å²) in [5, 5.41) is 2.94. The van der Waals surface area contributed by atoms with Crippen LogP contribution in [0.4, 0.5) is 11.4 Å². The molecule has 0 saturated carbocycles. The quantitative estimate of drug-likeness (QED) is 0.816. The van der Waals surface area contributed by atoms with Crippen molar-refractivity contribution in [3.8, 4) is 5.75 Å². The van der Waals surface area contributed by atoms with Crippen LogP contribution in [0.5, 0.6) is 5.75 Å². The molecule has 1 fully saturated rings. The number of aryl methyl sites for hydroxylation is 2. The first-order valence-corrected chi connectivity index (χ1v) is 9.20. The maximum Gasteiger partial charge on any atom is 0.229 e. The Morgan fingerprint density at radius 2 is 1.92 bits per heavy atom. The molecule has 0 aromatic heterocycles. The zero-order valence-electron chi connectivity index (χ0n) is 15.0. The van der Waals surface area contributed by atoms with Gasteiger partial charge in [0.05, 0.1) is 13.0 Å². The number of benzene rings is 2. The van der Waals surface area contributed by atoms with Gasteiger partial charge in [-0.25, -0.2) is 0 Å². The molecule has 0 unspecified atom stereocenters. The van der Waals surface area contributed by atoms with E-state index in [1.54, 1.807) is 18.1 Å². The molecule has 136 valence electrons. The SMILES string of the molecule is COc1cccc(N2C[C@H](C(=O)Nc3cc(C)c(Br)c(C)c3)CC2=O)c1. The van der Waals surface area contributed by atoms with Crippen LogP contribution in [0.3, 0.4) is 0 Å². The molecule has 0 aliphatic carbocycles. The van der Waals surface area contributed by atoms with Gasteiger partial charge in [0, 0.05) is 34.9 Å². The molecule has 2 aromatic rings. The lowest BCUT2D eigenvalue weighted by atomic mass is 10.1. The van der Waals surface area contributed by atoms with E-state index in [9.17, 15) is 9.59 Å². The molecule has 1 aliphatic rings. The molecule has 26 heavy (non-hydrogen) atoms. The molecule has 1 heterocycles. The van der Waals surface area contributed by atoms with Crippen LogP contribution in [0.2, 0.25) is 0 Å². The lowest BCUT2D eigenvalue weighted by Crippen LogP contribution is -2.28. The van der Waals surface area contributed by atoms with Gasteiger partial charge in [0.25, 0.3) is 0 Å². The molecule has 2 aromatic carbocycles. The molecule has 0 bridgehead atoms. The van der Waals surface area contributed by atoms with E-state index in [0.29, 0.717) is 12.3 Å². The van der Waals surface area contributed by atoms with E-state index in [1.807, 2.05) is 44.2 Å². The number of amides is 2. The Morgan fingerprint density at radius 1 is 1.23 bits per heavy atom. The second kappa shape index (κ2) is 7.50.